The number of halogens is 3. The Hall–Kier alpha value is -1.54. The number of rotatable bonds is 2. The topological polar surface area (TPSA) is 35.8 Å². The first-order chi connectivity index (χ1) is 8.15. The first-order valence-electron chi connectivity index (χ1n) is 5.48. The van der Waals surface area contributed by atoms with Gasteiger partial charge in [0.25, 0.3) is 0 Å². The fourth-order valence-electron chi connectivity index (χ4n) is 1.62. The number of hydrogen-bond acceptors (Lipinski definition) is 2. The van der Waals surface area contributed by atoms with E-state index in [4.69, 9.17) is 5.26 Å². The summed E-state index contributed by atoms with van der Waals surface area (Å²) < 4.78 is 38.5. The van der Waals surface area contributed by atoms with Crippen LogP contribution in [0, 0.1) is 11.3 Å². The number of nitrogens with zero attached hydrogens (tertiary/aromatic N) is 1. The molecule has 0 saturated heterocycles. The van der Waals surface area contributed by atoms with Crippen molar-refractivity contribution in [2.24, 2.45) is 0 Å². The number of alkyl halides is 3. The molecule has 2 nitrogen and oxygen atoms in total. The molecule has 0 aromatic heterocycles. The van der Waals surface area contributed by atoms with Crippen LogP contribution in [-0.2, 0) is 6.18 Å². The number of nitrogens with one attached hydrogen (secondary N) is 1. The standard InChI is InChI=1S/C13H15F3N2/c1-12(2,3)18-11(8-17)9-6-4-5-7-10(9)13(14,15)16/h4-7,11,18H,1-3H3. The SMILES string of the molecule is CC(C)(C)NC(C#N)c1ccccc1C(F)(F)F. The highest BCUT2D eigenvalue weighted by Gasteiger charge is 2.35. The highest BCUT2D eigenvalue weighted by molar-refractivity contribution is 5.35. The average molecular weight is 256 g/mol. The quantitative estimate of drug-likeness (QED) is 0.876. The second-order valence-corrected chi connectivity index (χ2v) is 5.04. The van der Waals surface area contributed by atoms with E-state index >= 15 is 0 Å². The summed E-state index contributed by atoms with van der Waals surface area (Å²) in [6.45, 7) is 5.40. The van der Waals surface area contributed by atoms with E-state index in [0.29, 0.717) is 0 Å². The predicted molar refractivity (Wildman–Crippen MR) is 62.7 cm³/mol. The molecule has 0 heterocycles. The third-order valence-corrected chi connectivity index (χ3v) is 2.28. The largest absolute Gasteiger partial charge is 0.416 e. The molecule has 0 saturated carbocycles. The molecule has 5 heteroatoms. The van der Waals surface area contributed by atoms with E-state index in [1.54, 1.807) is 20.8 Å². The van der Waals surface area contributed by atoms with Crippen LogP contribution in [0.2, 0.25) is 0 Å². The Bertz CT molecular complexity index is 453. The van der Waals surface area contributed by atoms with Crippen molar-refractivity contribution in [3.05, 3.63) is 35.4 Å². The molecule has 0 aliphatic carbocycles. The normalized spacial score (nSPS) is 14.1. The Balaban J connectivity index is 3.20. The molecule has 1 atom stereocenters. The molecule has 0 amide bonds. The summed E-state index contributed by atoms with van der Waals surface area (Å²) in [5, 5.41) is 11.9. The smallest absolute Gasteiger partial charge is 0.293 e. The molecule has 0 radical (unpaired) electrons. The fraction of sp³-hybridized carbons (Fsp3) is 0.462. The fourth-order valence-corrected chi connectivity index (χ4v) is 1.62. The molecule has 1 aromatic carbocycles. The molecule has 1 aromatic rings. The van der Waals surface area contributed by atoms with Gasteiger partial charge < -0.3 is 0 Å². The molecule has 1 N–H and O–H groups in total. The second kappa shape index (κ2) is 4.99. The van der Waals surface area contributed by atoms with Crippen molar-refractivity contribution < 1.29 is 13.2 Å². The van der Waals surface area contributed by atoms with Crippen LogP contribution in [0.1, 0.15) is 37.9 Å². The van der Waals surface area contributed by atoms with Crippen molar-refractivity contribution in [1.29, 1.82) is 5.26 Å². The van der Waals surface area contributed by atoms with Gasteiger partial charge in [-0.2, -0.15) is 18.4 Å². The maximum absolute atomic E-state index is 12.8. The van der Waals surface area contributed by atoms with Gasteiger partial charge in [-0.1, -0.05) is 18.2 Å². The van der Waals surface area contributed by atoms with Crippen molar-refractivity contribution in [1.82, 2.24) is 5.32 Å². The third-order valence-electron chi connectivity index (χ3n) is 2.28. The van der Waals surface area contributed by atoms with Crippen LogP contribution in [0.3, 0.4) is 0 Å². The van der Waals surface area contributed by atoms with E-state index < -0.39 is 23.3 Å². The van der Waals surface area contributed by atoms with E-state index in [1.165, 1.54) is 18.2 Å². The molecule has 0 aliphatic rings. The van der Waals surface area contributed by atoms with Crippen molar-refractivity contribution in [2.45, 2.75) is 38.5 Å². The molecule has 1 unspecified atom stereocenters. The second-order valence-electron chi connectivity index (χ2n) is 5.04. The van der Waals surface area contributed by atoms with Crippen LogP contribution in [0.5, 0.6) is 0 Å². The Morgan fingerprint density at radius 3 is 2.17 bits per heavy atom. The maximum atomic E-state index is 12.8. The lowest BCUT2D eigenvalue weighted by Gasteiger charge is -2.26. The van der Waals surface area contributed by atoms with Crippen molar-refractivity contribution in [2.75, 3.05) is 0 Å². The Kier molecular flexibility index (Phi) is 4.02. The molecule has 0 aliphatic heterocycles. The summed E-state index contributed by atoms with van der Waals surface area (Å²) in [5.41, 5.74) is -1.25. The summed E-state index contributed by atoms with van der Waals surface area (Å²) in [5.74, 6) is 0. The van der Waals surface area contributed by atoms with E-state index in [1.807, 2.05) is 6.07 Å². The summed E-state index contributed by atoms with van der Waals surface area (Å²) in [6, 6.07) is 6.03. The molecular formula is C13H15F3N2. The van der Waals surface area contributed by atoms with Crippen LogP contribution in [0.4, 0.5) is 13.2 Å². The Morgan fingerprint density at radius 1 is 1.17 bits per heavy atom. The van der Waals surface area contributed by atoms with Gasteiger partial charge in [0.05, 0.1) is 11.6 Å². The molecular weight excluding hydrogens is 241 g/mol. The monoisotopic (exact) mass is 256 g/mol. The molecule has 1 rings (SSSR count). The molecule has 0 fully saturated rings. The highest BCUT2D eigenvalue weighted by atomic mass is 19.4. The summed E-state index contributed by atoms with van der Waals surface area (Å²) in [7, 11) is 0. The summed E-state index contributed by atoms with van der Waals surface area (Å²) in [4.78, 5) is 0. The van der Waals surface area contributed by atoms with Crippen LogP contribution in [0.15, 0.2) is 24.3 Å². The van der Waals surface area contributed by atoms with Crippen molar-refractivity contribution in [3.63, 3.8) is 0 Å². The van der Waals surface area contributed by atoms with E-state index in [0.717, 1.165) is 6.07 Å². The van der Waals surface area contributed by atoms with Gasteiger partial charge in [-0.25, -0.2) is 0 Å². The molecule has 98 valence electrons. The first-order valence-corrected chi connectivity index (χ1v) is 5.48. The van der Waals surface area contributed by atoms with Gasteiger partial charge in [0.15, 0.2) is 0 Å². The van der Waals surface area contributed by atoms with Crippen molar-refractivity contribution in [3.8, 4) is 6.07 Å². The van der Waals surface area contributed by atoms with Gasteiger partial charge >= 0.3 is 6.18 Å². The number of hydrogen-bond donors (Lipinski definition) is 1. The number of benzene rings is 1. The molecule has 18 heavy (non-hydrogen) atoms. The zero-order chi connectivity index (χ0) is 14.0. The molecule has 0 bridgehead atoms. The van der Waals surface area contributed by atoms with Gasteiger partial charge in [-0.05, 0) is 32.4 Å². The predicted octanol–water partition coefficient (Wildman–Crippen LogP) is 3.66. The summed E-state index contributed by atoms with van der Waals surface area (Å²) >= 11 is 0. The van der Waals surface area contributed by atoms with Gasteiger partial charge in [0, 0.05) is 5.54 Å². The van der Waals surface area contributed by atoms with Crippen LogP contribution < -0.4 is 5.32 Å². The minimum atomic E-state index is -4.45. The minimum absolute atomic E-state index is 0.0394. The lowest BCUT2D eigenvalue weighted by Crippen LogP contribution is -2.39. The zero-order valence-electron chi connectivity index (χ0n) is 10.5. The lowest BCUT2D eigenvalue weighted by atomic mass is 9.98. The van der Waals surface area contributed by atoms with Gasteiger partial charge in [-0.15, -0.1) is 0 Å². The highest BCUT2D eigenvalue weighted by Crippen LogP contribution is 2.34. The van der Waals surface area contributed by atoms with Gasteiger partial charge in [0.1, 0.15) is 6.04 Å². The van der Waals surface area contributed by atoms with Crippen LogP contribution >= 0.6 is 0 Å². The Labute approximate surface area is 104 Å². The van der Waals surface area contributed by atoms with E-state index in [9.17, 15) is 13.2 Å². The van der Waals surface area contributed by atoms with E-state index in [2.05, 4.69) is 5.32 Å². The first kappa shape index (κ1) is 14.5. The third kappa shape index (κ3) is 3.74. The van der Waals surface area contributed by atoms with Crippen LogP contribution in [0.25, 0.3) is 0 Å². The average Bonchev–Trinajstić information content (AvgIpc) is 2.23. The zero-order valence-corrected chi connectivity index (χ0v) is 10.5. The van der Waals surface area contributed by atoms with Crippen molar-refractivity contribution >= 4 is 0 Å². The minimum Gasteiger partial charge on any atom is -0.293 e. The lowest BCUT2D eigenvalue weighted by molar-refractivity contribution is -0.138. The molecule has 0 spiro atoms. The summed E-state index contributed by atoms with van der Waals surface area (Å²) in [6.07, 6.45) is -4.45. The Morgan fingerprint density at radius 2 is 1.72 bits per heavy atom. The maximum Gasteiger partial charge on any atom is 0.416 e. The number of nitriles is 1. The van der Waals surface area contributed by atoms with Gasteiger partial charge in [0.2, 0.25) is 0 Å². The van der Waals surface area contributed by atoms with Crippen LogP contribution in [-0.4, -0.2) is 5.54 Å². The van der Waals surface area contributed by atoms with Gasteiger partial charge in [-0.3, -0.25) is 5.32 Å². The van der Waals surface area contributed by atoms with E-state index in [-0.39, 0.29) is 5.56 Å².